The van der Waals surface area contributed by atoms with Gasteiger partial charge in [0, 0.05) is 0 Å². The van der Waals surface area contributed by atoms with E-state index < -0.39 is 12.8 Å². The highest BCUT2D eigenvalue weighted by Gasteiger charge is 2.28. The molecule has 0 aromatic heterocycles. The lowest BCUT2D eigenvalue weighted by molar-refractivity contribution is -0.153. The largest absolute Gasteiger partial charge is 0.482 e. The van der Waals surface area contributed by atoms with Crippen LogP contribution in [0.2, 0.25) is 0 Å². The Morgan fingerprint density at radius 1 is 1.36 bits per heavy atom. The molecule has 0 spiro atoms. The van der Waals surface area contributed by atoms with Crippen molar-refractivity contribution >= 4 is 5.69 Å². The Morgan fingerprint density at radius 2 is 2.00 bits per heavy atom. The summed E-state index contributed by atoms with van der Waals surface area (Å²) in [7, 11) is 0. The quantitative estimate of drug-likeness (QED) is 0.753. The van der Waals surface area contributed by atoms with E-state index in [0.29, 0.717) is 0 Å². The van der Waals surface area contributed by atoms with E-state index in [0.717, 1.165) is 5.56 Å². The Bertz CT molecular complexity index is 322. The van der Waals surface area contributed by atoms with Crippen LogP contribution >= 0.6 is 0 Å². The molecule has 0 amide bonds. The minimum absolute atomic E-state index is 0.0716. The molecule has 0 unspecified atom stereocenters. The Kier molecular flexibility index (Phi) is 2.88. The van der Waals surface area contributed by atoms with Crippen LogP contribution in [0.25, 0.3) is 0 Å². The second-order valence-corrected chi connectivity index (χ2v) is 2.95. The first kappa shape index (κ1) is 10.7. The molecule has 1 rings (SSSR count). The summed E-state index contributed by atoms with van der Waals surface area (Å²) in [6.07, 6.45) is -4.34. The van der Waals surface area contributed by atoms with Crippen LogP contribution in [-0.2, 0) is 0 Å². The van der Waals surface area contributed by atoms with Crippen LogP contribution < -0.4 is 10.5 Å². The molecule has 1 aromatic rings. The predicted octanol–water partition coefficient (Wildman–Crippen LogP) is 2.52. The fourth-order valence-electron chi connectivity index (χ4n) is 0.926. The molecule has 0 atom stereocenters. The molecule has 5 heteroatoms. The maximum Gasteiger partial charge on any atom is 0.422 e. The number of alkyl halides is 3. The molecule has 0 aliphatic heterocycles. The molecule has 2 nitrogen and oxygen atoms in total. The van der Waals surface area contributed by atoms with Gasteiger partial charge < -0.3 is 10.5 Å². The number of aryl methyl sites for hydroxylation is 1. The number of hydrogen-bond donors (Lipinski definition) is 1. The van der Waals surface area contributed by atoms with Crippen LogP contribution in [0.3, 0.4) is 0 Å². The zero-order valence-electron chi connectivity index (χ0n) is 7.56. The molecular weight excluding hydrogens is 195 g/mol. The number of ether oxygens (including phenoxy) is 1. The van der Waals surface area contributed by atoms with Crippen molar-refractivity contribution in [3.05, 3.63) is 23.8 Å². The monoisotopic (exact) mass is 205 g/mol. The number of anilines is 1. The summed E-state index contributed by atoms with van der Waals surface area (Å²) in [6, 6.07) is 4.69. The SMILES string of the molecule is Cc1ccc(N)c(OCC(F)(F)F)c1. The van der Waals surface area contributed by atoms with Crippen molar-refractivity contribution in [1.82, 2.24) is 0 Å². The Morgan fingerprint density at radius 3 is 2.57 bits per heavy atom. The van der Waals surface area contributed by atoms with E-state index in [9.17, 15) is 13.2 Å². The van der Waals surface area contributed by atoms with Gasteiger partial charge in [0.05, 0.1) is 5.69 Å². The van der Waals surface area contributed by atoms with Crippen LogP contribution in [0, 0.1) is 6.92 Å². The van der Waals surface area contributed by atoms with E-state index in [1.807, 2.05) is 0 Å². The zero-order chi connectivity index (χ0) is 10.8. The van der Waals surface area contributed by atoms with Gasteiger partial charge in [-0.3, -0.25) is 0 Å². The van der Waals surface area contributed by atoms with Gasteiger partial charge in [-0.15, -0.1) is 0 Å². The Labute approximate surface area is 79.5 Å². The highest BCUT2D eigenvalue weighted by Crippen LogP contribution is 2.24. The zero-order valence-corrected chi connectivity index (χ0v) is 7.56. The van der Waals surface area contributed by atoms with Crippen molar-refractivity contribution in [3.63, 3.8) is 0 Å². The van der Waals surface area contributed by atoms with Crippen molar-refractivity contribution < 1.29 is 17.9 Å². The normalized spacial score (nSPS) is 11.4. The molecule has 0 fully saturated rings. The van der Waals surface area contributed by atoms with Gasteiger partial charge in [-0.25, -0.2) is 0 Å². The lowest BCUT2D eigenvalue weighted by Crippen LogP contribution is -2.19. The second-order valence-electron chi connectivity index (χ2n) is 2.95. The molecule has 0 radical (unpaired) electrons. The van der Waals surface area contributed by atoms with Crippen molar-refractivity contribution in [1.29, 1.82) is 0 Å². The Hall–Kier alpha value is -1.39. The first-order valence-corrected chi connectivity index (χ1v) is 3.94. The van der Waals surface area contributed by atoms with Gasteiger partial charge in [-0.1, -0.05) is 6.07 Å². The summed E-state index contributed by atoms with van der Waals surface area (Å²) in [6.45, 7) is 0.431. The molecular formula is C9H10F3NO. The molecule has 0 aliphatic rings. The topological polar surface area (TPSA) is 35.2 Å². The lowest BCUT2D eigenvalue weighted by atomic mass is 10.2. The van der Waals surface area contributed by atoms with Crippen molar-refractivity contribution in [2.45, 2.75) is 13.1 Å². The first-order valence-electron chi connectivity index (χ1n) is 3.94. The van der Waals surface area contributed by atoms with Gasteiger partial charge in [-0.05, 0) is 24.6 Å². The van der Waals surface area contributed by atoms with Gasteiger partial charge in [0.2, 0.25) is 0 Å². The fraction of sp³-hybridized carbons (Fsp3) is 0.333. The van der Waals surface area contributed by atoms with Gasteiger partial charge >= 0.3 is 6.18 Å². The molecule has 0 heterocycles. The molecule has 0 saturated heterocycles. The summed E-state index contributed by atoms with van der Waals surface area (Å²) < 4.78 is 40.0. The molecule has 0 saturated carbocycles. The van der Waals surface area contributed by atoms with Crippen molar-refractivity contribution in [2.24, 2.45) is 0 Å². The molecule has 0 bridgehead atoms. The van der Waals surface area contributed by atoms with Crippen LogP contribution in [0.5, 0.6) is 5.75 Å². The van der Waals surface area contributed by atoms with E-state index in [1.54, 1.807) is 13.0 Å². The highest BCUT2D eigenvalue weighted by atomic mass is 19.4. The third-order valence-electron chi connectivity index (χ3n) is 1.56. The minimum Gasteiger partial charge on any atom is -0.482 e. The van der Waals surface area contributed by atoms with Crippen molar-refractivity contribution in [3.8, 4) is 5.75 Å². The smallest absolute Gasteiger partial charge is 0.422 e. The maximum atomic E-state index is 11.8. The predicted molar refractivity (Wildman–Crippen MR) is 47.1 cm³/mol. The number of rotatable bonds is 2. The number of nitrogen functional groups attached to an aromatic ring is 1. The Balaban J connectivity index is 2.72. The molecule has 1 aromatic carbocycles. The minimum atomic E-state index is -4.34. The number of nitrogens with two attached hydrogens (primary N) is 1. The standard InChI is InChI=1S/C9H10F3NO/c1-6-2-3-7(13)8(4-6)14-5-9(10,11)12/h2-4H,5,13H2,1H3. The third-order valence-corrected chi connectivity index (χ3v) is 1.56. The summed E-state index contributed by atoms with van der Waals surface area (Å²) in [5.74, 6) is 0.0716. The highest BCUT2D eigenvalue weighted by molar-refractivity contribution is 5.53. The molecule has 78 valence electrons. The number of benzene rings is 1. The average Bonchev–Trinajstić information content (AvgIpc) is 2.05. The summed E-state index contributed by atoms with van der Waals surface area (Å²) in [5.41, 5.74) is 6.44. The maximum absolute atomic E-state index is 11.8. The number of halogens is 3. The third kappa shape index (κ3) is 3.16. The summed E-state index contributed by atoms with van der Waals surface area (Å²) in [5, 5.41) is 0. The van der Waals surface area contributed by atoms with Gasteiger partial charge in [0.25, 0.3) is 0 Å². The van der Waals surface area contributed by atoms with Crippen LogP contribution in [0.4, 0.5) is 18.9 Å². The van der Waals surface area contributed by atoms with E-state index in [2.05, 4.69) is 4.74 Å². The second kappa shape index (κ2) is 3.77. The van der Waals surface area contributed by atoms with Gasteiger partial charge in [-0.2, -0.15) is 13.2 Å². The van der Waals surface area contributed by atoms with Crippen molar-refractivity contribution in [2.75, 3.05) is 12.3 Å². The van der Waals surface area contributed by atoms with Crippen LogP contribution in [-0.4, -0.2) is 12.8 Å². The first-order chi connectivity index (χ1) is 6.38. The average molecular weight is 205 g/mol. The lowest BCUT2D eigenvalue weighted by Gasteiger charge is -2.11. The van der Waals surface area contributed by atoms with Crippen LogP contribution in [0.15, 0.2) is 18.2 Å². The van der Waals surface area contributed by atoms with Gasteiger partial charge in [0.1, 0.15) is 5.75 Å². The van der Waals surface area contributed by atoms with E-state index in [1.165, 1.54) is 12.1 Å². The van der Waals surface area contributed by atoms with E-state index in [-0.39, 0.29) is 11.4 Å². The number of hydrogen-bond acceptors (Lipinski definition) is 2. The van der Waals surface area contributed by atoms with Gasteiger partial charge in [0.15, 0.2) is 6.61 Å². The molecule has 2 N–H and O–H groups in total. The molecule has 14 heavy (non-hydrogen) atoms. The van der Waals surface area contributed by atoms with Crippen LogP contribution in [0.1, 0.15) is 5.56 Å². The fourth-order valence-corrected chi connectivity index (χ4v) is 0.926. The molecule has 0 aliphatic carbocycles. The summed E-state index contributed by atoms with van der Waals surface area (Å²) in [4.78, 5) is 0. The van der Waals surface area contributed by atoms with E-state index in [4.69, 9.17) is 5.73 Å². The summed E-state index contributed by atoms with van der Waals surface area (Å²) >= 11 is 0. The van der Waals surface area contributed by atoms with E-state index >= 15 is 0 Å².